The lowest BCUT2D eigenvalue weighted by Gasteiger charge is -2.15. The minimum Gasteiger partial charge on any atom is -0.508 e. The molecule has 6 heteroatoms. The van der Waals surface area contributed by atoms with Crippen molar-refractivity contribution in [2.45, 2.75) is 19.6 Å². The number of methoxy groups -OCH3 is 1. The zero-order valence-corrected chi connectivity index (χ0v) is 16.8. The number of phenols is 1. The summed E-state index contributed by atoms with van der Waals surface area (Å²) in [6.45, 7) is 1.80. The smallest absolute Gasteiger partial charge is 0.338 e. The second kappa shape index (κ2) is 9.60. The van der Waals surface area contributed by atoms with Crippen LogP contribution in [-0.4, -0.2) is 30.2 Å². The highest BCUT2D eigenvalue weighted by molar-refractivity contribution is 5.92. The Morgan fingerprint density at radius 3 is 2.17 bits per heavy atom. The Morgan fingerprint density at radius 1 is 0.933 bits per heavy atom. The van der Waals surface area contributed by atoms with Crippen molar-refractivity contribution in [1.82, 2.24) is 5.32 Å². The molecule has 0 spiro atoms. The molecule has 6 nitrogen and oxygen atoms in total. The van der Waals surface area contributed by atoms with E-state index in [2.05, 4.69) is 5.32 Å². The first-order valence-corrected chi connectivity index (χ1v) is 9.48. The van der Waals surface area contributed by atoms with Crippen LogP contribution in [0, 0.1) is 0 Å². The van der Waals surface area contributed by atoms with Crippen LogP contribution in [0.25, 0.3) is 11.1 Å². The Kier molecular flexibility index (Phi) is 6.70. The van der Waals surface area contributed by atoms with Crippen molar-refractivity contribution in [1.29, 1.82) is 0 Å². The fraction of sp³-hybridized carbons (Fsp3) is 0.167. The van der Waals surface area contributed by atoms with Crippen molar-refractivity contribution in [3.63, 3.8) is 0 Å². The number of nitrogens with one attached hydrogen (secondary N) is 1. The van der Waals surface area contributed by atoms with Crippen LogP contribution in [0.5, 0.6) is 11.5 Å². The number of phenolic OH excluding ortho intramolecular Hbond substituents is 1. The van der Waals surface area contributed by atoms with Crippen molar-refractivity contribution in [3.8, 4) is 22.6 Å². The van der Waals surface area contributed by atoms with Crippen LogP contribution >= 0.6 is 0 Å². The van der Waals surface area contributed by atoms with Gasteiger partial charge in [-0.15, -0.1) is 0 Å². The number of carbonyl (C=O) groups excluding carboxylic acids is 2. The molecule has 0 saturated heterocycles. The fourth-order valence-electron chi connectivity index (χ4n) is 2.91. The van der Waals surface area contributed by atoms with Gasteiger partial charge in [-0.1, -0.05) is 42.5 Å². The van der Waals surface area contributed by atoms with Crippen molar-refractivity contribution in [3.05, 3.63) is 83.9 Å². The van der Waals surface area contributed by atoms with Gasteiger partial charge in [-0.3, -0.25) is 4.79 Å². The predicted octanol–water partition coefficient (Wildman–Crippen LogP) is 3.93. The summed E-state index contributed by atoms with van der Waals surface area (Å²) < 4.78 is 10.5. The highest BCUT2D eigenvalue weighted by atomic mass is 16.5. The number of rotatable bonds is 7. The Balaban J connectivity index is 1.56. The molecule has 0 aliphatic carbocycles. The molecule has 30 heavy (non-hydrogen) atoms. The van der Waals surface area contributed by atoms with Crippen LogP contribution < -0.4 is 10.1 Å². The lowest BCUT2D eigenvalue weighted by Crippen LogP contribution is -2.35. The quantitative estimate of drug-likeness (QED) is 0.582. The van der Waals surface area contributed by atoms with Crippen LogP contribution in [0.15, 0.2) is 72.8 Å². The minimum absolute atomic E-state index is 0.192. The van der Waals surface area contributed by atoms with Gasteiger partial charge in [0.15, 0.2) is 6.10 Å². The first-order chi connectivity index (χ1) is 14.5. The highest BCUT2D eigenvalue weighted by Gasteiger charge is 2.19. The van der Waals surface area contributed by atoms with Gasteiger partial charge >= 0.3 is 5.97 Å². The molecule has 1 amide bonds. The molecule has 0 aliphatic rings. The molecule has 0 radical (unpaired) electrons. The molecule has 0 heterocycles. The number of benzene rings is 3. The van der Waals surface area contributed by atoms with E-state index in [1.807, 2.05) is 24.3 Å². The van der Waals surface area contributed by atoms with Crippen LogP contribution in [-0.2, 0) is 16.1 Å². The average Bonchev–Trinajstić information content (AvgIpc) is 2.78. The van der Waals surface area contributed by atoms with E-state index < -0.39 is 18.0 Å². The number of aromatic hydroxyl groups is 1. The molecular formula is C24H23NO5. The molecule has 3 aromatic carbocycles. The van der Waals surface area contributed by atoms with Crippen molar-refractivity contribution in [2.75, 3.05) is 7.11 Å². The van der Waals surface area contributed by atoms with Gasteiger partial charge in [-0.05, 0) is 48.4 Å². The normalized spacial score (nSPS) is 11.4. The lowest BCUT2D eigenvalue weighted by atomic mass is 10.0. The van der Waals surface area contributed by atoms with E-state index in [9.17, 15) is 14.7 Å². The van der Waals surface area contributed by atoms with E-state index in [0.29, 0.717) is 11.3 Å². The molecule has 0 unspecified atom stereocenters. The monoisotopic (exact) mass is 405 g/mol. The zero-order chi connectivity index (χ0) is 21.5. The van der Waals surface area contributed by atoms with Gasteiger partial charge in [-0.25, -0.2) is 4.79 Å². The van der Waals surface area contributed by atoms with Gasteiger partial charge in [0.25, 0.3) is 5.91 Å². The average molecular weight is 405 g/mol. The second-order valence-corrected chi connectivity index (χ2v) is 6.70. The Labute approximate surface area is 175 Å². The number of carbonyl (C=O) groups is 2. The second-order valence-electron chi connectivity index (χ2n) is 6.70. The number of hydrogen-bond donors (Lipinski definition) is 2. The van der Waals surface area contributed by atoms with Crippen molar-refractivity contribution >= 4 is 11.9 Å². The van der Waals surface area contributed by atoms with Gasteiger partial charge in [0.2, 0.25) is 0 Å². The van der Waals surface area contributed by atoms with Crippen LogP contribution in [0.3, 0.4) is 0 Å². The summed E-state index contributed by atoms with van der Waals surface area (Å²) in [5, 5.41) is 12.1. The summed E-state index contributed by atoms with van der Waals surface area (Å²) in [5.41, 5.74) is 2.99. The standard InChI is InChI=1S/C24H23NO5/c1-16(23(27)25-15-20-5-3-4-6-22(20)29-2)30-24(28)19-9-7-17(8-10-19)18-11-13-21(26)14-12-18/h3-14,16,26H,15H2,1-2H3,(H,25,27)/t16-/m1/s1. The molecule has 3 aromatic rings. The molecule has 0 aliphatic heterocycles. The number of esters is 1. The fourth-order valence-corrected chi connectivity index (χ4v) is 2.91. The highest BCUT2D eigenvalue weighted by Crippen LogP contribution is 2.22. The third-order valence-electron chi connectivity index (χ3n) is 4.62. The van der Waals surface area contributed by atoms with Crippen LogP contribution in [0.2, 0.25) is 0 Å². The number of ether oxygens (including phenoxy) is 2. The first-order valence-electron chi connectivity index (χ1n) is 9.48. The largest absolute Gasteiger partial charge is 0.508 e. The molecule has 3 rings (SSSR count). The SMILES string of the molecule is COc1ccccc1CNC(=O)[C@@H](C)OC(=O)c1ccc(-c2ccc(O)cc2)cc1. The number of amides is 1. The zero-order valence-electron chi connectivity index (χ0n) is 16.8. The minimum atomic E-state index is -0.941. The first kappa shape index (κ1) is 20.9. The van der Waals surface area contributed by atoms with Crippen molar-refractivity contribution < 1.29 is 24.2 Å². The third-order valence-corrected chi connectivity index (χ3v) is 4.62. The van der Waals surface area contributed by atoms with Crippen LogP contribution in [0.4, 0.5) is 0 Å². The van der Waals surface area contributed by atoms with Gasteiger partial charge in [-0.2, -0.15) is 0 Å². The predicted molar refractivity (Wildman–Crippen MR) is 113 cm³/mol. The summed E-state index contributed by atoms with van der Waals surface area (Å²) in [7, 11) is 1.57. The molecule has 0 saturated carbocycles. The van der Waals surface area contributed by atoms with Gasteiger partial charge in [0.05, 0.1) is 12.7 Å². The number of para-hydroxylation sites is 1. The summed E-state index contributed by atoms with van der Waals surface area (Å²) in [6, 6.07) is 21.0. The molecule has 0 aromatic heterocycles. The lowest BCUT2D eigenvalue weighted by molar-refractivity contribution is -0.129. The summed E-state index contributed by atoms with van der Waals surface area (Å²) in [6.07, 6.45) is -0.941. The Bertz CT molecular complexity index is 1010. The van der Waals surface area contributed by atoms with E-state index in [0.717, 1.165) is 16.7 Å². The van der Waals surface area contributed by atoms with Gasteiger partial charge in [0, 0.05) is 12.1 Å². The summed E-state index contributed by atoms with van der Waals surface area (Å²) in [4.78, 5) is 24.7. The van der Waals surface area contributed by atoms with E-state index in [-0.39, 0.29) is 12.3 Å². The maximum atomic E-state index is 12.4. The Morgan fingerprint density at radius 2 is 1.53 bits per heavy atom. The molecule has 1 atom stereocenters. The van der Waals surface area contributed by atoms with E-state index in [1.165, 1.54) is 6.92 Å². The molecule has 154 valence electrons. The maximum absolute atomic E-state index is 12.4. The molecule has 2 N–H and O–H groups in total. The van der Waals surface area contributed by atoms with Gasteiger partial charge in [0.1, 0.15) is 11.5 Å². The topological polar surface area (TPSA) is 84.9 Å². The van der Waals surface area contributed by atoms with Crippen molar-refractivity contribution in [2.24, 2.45) is 0 Å². The van der Waals surface area contributed by atoms with E-state index in [4.69, 9.17) is 9.47 Å². The summed E-state index contributed by atoms with van der Waals surface area (Å²) in [5.74, 6) is -0.102. The molecular weight excluding hydrogens is 382 g/mol. The van der Waals surface area contributed by atoms with E-state index >= 15 is 0 Å². The third kappa shape index (κ3) is 5.17. The van der Waals surface area contributed by atoms with Crippen LogP contribution in [0.1, 0.15) is 22.8 Å². The van der Waals surface area contributed by atoms with E-state index in [1.54, 1.807) is 55.6 Å². The molecule has 0 bridgehead atoms. The Hall–Kier alpha value is -3.80. The molecule has 0 fully saturated rings. The summed E-state index contributed by atoms with van der Waals surface area (Å²) >= 11 is 0. The number of hydrogen-bond acceptors (Lipinski definition) is 5. The maximum Gasteiger partial charge on any atom is 0.338 e. The van der Waals surface area contributed by atoms with Gasteiger partial charge < -0.3 is 19.9 Å².